The number of hydrogen-bond acceptors (Lipinski definition) is 4. The molecule has 0 amide bonds. The molecule has 2 unspecified atom stereocenters. The number of hydrogen-bond donors (Lipinski definition) is 1. The highest BCUT2D eigenvalue weighted by molar-refractivity contribution is 8.06. The first-order valence-corrected chi connectivity index (χ1v) is 7.86. The zero-order valence-corrected chi connectivity index (χ0v) is 10.7. The fraction of sp³-hybridized carbons (Fsp3) is 0.600. The summed E-state index contributed by atoms with van der Waals surface area (Å²) in [5.41, 5.74) is 7.65. The lowest BCUT2D eigenvalue weighted by molar-refractivity contribution is 0.729. The Bertz CT molecular complexity index is 291. The van der Waals surface area contributed by atoms with Crippen LogP contribution >= 0.6 is 34.9 Å². The molecule has 1 aliphatic rings. The molecule has 1 saturated heterocycles. The lowest BCUT2D eigenvalue weighted by Gasteiger charge is -2.26. The van der Waals surface area contributed by atoms with E-state index in [0.29, 0.717) is 5.25 Å². The molecule has 4 heteroatoms. The monoisotopic (exact) mass is 245 g/mol. The first-order valence-electron chi connectivity index (χ1n) is 4.78. The van der Waals surface area contributed by atoms with Crippen molar-refractivity contribution in [3.8, 4) is 0 Å². The average molecular weight is 245 g/mol. The molecule has 0 radical (unpaired) electrons. The second-order valence-corrected chi connectivity index (χ2v) is 6.92. The van der Waals surface area contributed by atoms with E-state index in [4.69, 9.17) is 5.73 Å². The van der Waals surface area contributed by atoms with Crippen LogP contribution in [0.2, 0.25) is 0 Å². The highest BCUT2D eigenvalue weighted by atomic mass is 32.2. The zero-order chi connectivity index (χ0) is 9.97. The van der Waals surface area contributed by atoms with Crippen LogP contribution in [-0.2, 0) is 0 Å². The number of nitrogens with two attached hydrogens (primary N) is 1. The van der Waals surface area contributed by atoms with E-state index >= 15 is 0 Å². The highest BCUT2D eigenvalue weighted by Gasteiger charge is 2.24. The molecule has 2 N–H and O–H groups in total. The summed E-state index contributed by atoms with van der Waals surface area (Å²) in [6.07, 6.45) is 0. The van der Waals surface area contributed by atoms with Crippen molar-refractivity contribution in [2.24, 2.45) is 5.73 Å². The van der Waals surface area contributed by atoms with Crippen molar-refractivity contribution in [3.63, 3.8) is 0 Å². The molecule has 14 heavy (non-hydrogen) atoms. The summed E-state index contributed by atoms with van der Waals surface area (Å²) in [6, 6.07) is 2.41. The minimum Gasteiger partial charge on any atom is -0.322 e. The van der Waals surface area contributed by atoms with Crippen molar-refractivity contribution in [1.82, 2.24) is 0 Å². The molecule has 1 aliphatic heterocycles. The van der Waals surface area contributed by atoms with Gasteiger partial charge >= 0.3 is 0 Å². The fourth-order valence-corrected chi connectivity index (χ4v) is 5.47. The highest BCUT2D eigenvalue weighted by Crippen LogP contribution is 2.35. The third-order valence-corrected chi connectivity index (χ3v) is 6.45. The maximum absolute atomic E-state index is 6.29. The van der Waals surface area contributed by atoms with Crippen molar-refractivity contribution in [2.45, 2.75) is 18.2 Å². The van der Waals surface area contributed by atoms with Gasteiger partial charge in [-0.2, -0.15) is 23.5 Å². The van der Waals surface area contributed by atoms with E-state index in [1.807, 2.05) is 23.5 Å². The summed E-state index contributed by atoms with van der Waals surface area (Å²) in [7, 11) is 0. The molecule has 1 fully saturated rings. The van der Waals surface area contributed by atoms with Crippen molar-refractivity contribution in [3.05, 3.63) is 21.9 Å². The maximum Gasteiger partial charge on any atom is 0.0521 e. The number of thioether (sulfide) groups is 2. The van der Waals surface area contributed by atoms with Gasteiger partial charge in [-0.15, -0.1) is 11.3 Å². The standard InChI is InChI=1S/C10H15NS3/c1-7-2-3-14-10(7)9(11)8-6-12-4-5-13-8/h2-3,8-9H,4-6,11H2,1H3. The van der Waals surface area contributed by atoms with Crippen LogP contribution in [0.3, 0.4) is 0 Å². The Balaban J connectivity index is 2.07. The van der Waals surface area contributed by atoms with Crippen molar-refractivity contribution >= 4 is 34.9 Å². The first kappa shape index (κ1) is 10.9. The van der Waals surface area contributed by atoms with E-state index in [9.17, 15) is 0 Å². The summed E-state index contributed by atoms with van der Waals surface area (Å²) < 4.78 is 0. The van der Waals surface area contributed by atoms with E-state index in [2.05, 4.69) is 18.4 Å². The third kappa shape index (κ3) is 2.30. The minimum absolute atomic E-state index is 0.243. The lowest BCUT2D eigenvalue weighted by atomic mass is 10.1. The zero-order valence-electron chi connectivity index (χ0n) is 8.23. The van der Waals surface area contributed by atoms with Crippen LogP contribution in [0.4, 0.5) is 0 Å². The molecule has 0 bridgehead atoms. The smallest absolute Gasteiger partial charge is 0.0521 e. The Kier molecular flexibility index (Phi) is 3.82. The van der Waals surface area contributed by atoms with Gasteiger partial charge in [-0.05, 0) is 23.9 Å². The normalized spacial score (nSPS) is 24.9. The van der Waals surface area contributed by atoms with Gasteiger partial charge in [-0.1, -0.05) is 0 Å². The van der Waals surface area contributed by atoms with Gasteiger partial charge < -0.3 is 5.73 Å². The maximum atomic E-state index is 6.29. The van der Waals surface area contributed by atoms with Crippen LogP contribution < -0.4 is 5.73 Å². The molecule has 2 heterocycles. The van der Waals surface area contributed by atoms with Crippen LogP contribution in [0.15, 0.2) is 11.4 Å². The van der Waals surface area contributed by atoms with Gasteiger partial charge in [0.05, 0.1) is 6.04 Å². The molecule has 0 saturated carbocycles. The van der Waals surface area contributed by atoms with Gasteiger partial charge in [0.2, 0.25) is 0 Å². The Hall–Kier alpha value is 0.360. The Labute approximate surface area is 97.8 Å². The fourth-order valence-electron chi connectivity index (χ4n) is 1.61. The number of aryl methyl sites for hydroxylation is 1. The topological polar surface area (TPSA) is 26.0 Å². The molecule has 2 atom stereocenters. The van der Waals surface area contributed by atoms with E-state index in [1.165, 1.54) is 27.7 Å². The Morgan fingerprint density at radius 3 is 2.93 bits per heavy atom. The summed E-state index contributed by atoms with van der Waals surface area (Å²) in [5.74, 6) is 3.76. The molecule has 2 rings (SSSR count). The van der Waals surface area contributed by atoms with Crippen molar-refractivity contribution < 1.29 is 0 Å². The van der Waals surface area contributed by atoms with Gasteiger partial charge in [-0.3, -0.25) is 0 Å². The summed E-state index contributed by atoms with van der Waals surface area (Å²) >= 11 is 5.88. The molecule has 0 aromatic carbocycles. The molecule has 1 aromatic heterocycles. The van der Waals surface area contributed by atoms with Crippen molar-refractivity contribution in [1.29, 1.82) is 0 Å². The van der Waals surface area contributed by atoms with Gasteiger partial charge in [0.1, 0.15) is 0 Å². The summed E-state index contributed by atoms with van der Waals surface area (Å²) in [4.78, 5) is 1.38. The Morgan fingerprint density at radius 1 is 1.50 bits per heavy atom. The van der Waals surface area contributed by atoms with E-state index in [-0.39, 0.29) is 6.04 Å². The minimum atomic E-state index is 0.243. The van der Waals surface area contributed by atoms with Crippen LogP contribution in [-0.4, -0.2) is 22.5 Å². The molecule has 0 spiro atoms. The summed E-state index contributed by atoms with van der Waals surface area (Å²) in [5, 5.41) is 2.76. The molecular weight excluding hydrogens is 230 g/mol. The average Bonchev–Trinajstić information content (AvgIpc) is 2.65. The van der Waals surface area contributed by atoms with Crippen LogP contribution in [0.25, 0.3) is 0 Å². The lowest BCUT2D eigenvalue weighted by Crippen LogP contribution is -2.28. The molecule has 1 aromatic rings. The van der Waals surface area contributed by atoms with E-state index in [0.717, 1.165) is 0 Å². The van der Waals surface area contributed by atoms with Crippen LogP contribution in [0, 0.1) is 6.92 Å². The molecule has 1 nitrogen and oxygen atoms in total. The largest absolute Gasteiger partial charge is 0.322 e. The van der Waals surface area contributed by atoms with Crippen LogP contribution in [0.1, 0.15) is 16.5 Å². The second kappa shape index (κ2) is 4.92. The number of rotatable bonds is 2. The predicted octanol–water partition coefficient (Wildman–Crippen LogP) is 2.90. The van der Waals surface area contributed by atoms with Gasteiger partial charge in [0.15, 0.2) is 0 Å². The SMILES string of the molecule is Cc1ccsc1C(N)C1CSCCS1. The summed E-state index contributed by atoms with van der Waals surface area (Å²) in [6.45, 7) is 2.16. The van der Waals surface area contributed by atoms with E-state index < -0.39 is 0 Å². The quantitative estimate of drug-likeness (QED) is 0.867. The molecule has 78 valence electrons. The Morgan fingerprint density at radius 2 is 2.36 bits per heavy atom. The van der Waals surface area contributed by atoms with Gasteiger partial charge in [0.25, 0.3) is 0 Å². The van der Waals surface area contributed by atoms with Gasteiger partial charge in [0, 0.05) is 27.4 Å². The van der Waals surface area contributed by atoms with Gasteiger partial charge in [-0.25, -0.2) is 0 Å². The van der Waals surface area contributed by atoms with Crippen molar-refractivity contribution in [2.75, 3.05) is 17.3 Å². The molecule has 0 aliphatic carbocycles. The predicted molar refractivity (Wildman–Crippen MR) is 69.6 cm³/mol. The van der Waals surface area contributed by atoms with E-state index in [1.54, 1.807) is 11.3 Å². The third-order valence-electron chi connectivity index (χ3n) is 2.45. The van der Waals surface area contributed by atoms with Crippen LogP contribution in [0.5, 0.6) is 0 Å². The first-order chi connectivity index (χ1) is 6.79. The number of thiophene rings is 1. The molecular formula is C10H15NS3. The second-order valence-electron chi connectivity index (χ2n) is 3.48.